The number of benzene rings is 2. The Labute approximate surface area is 158 Å². The van der Waals surface area contributed by atoms with Gasteiger partial charge in [-0.15, -0.1) is 0 Å². The van der Waals surface area contributed by atoms with E-state index in [0.717, 1.165) is 16.7 Å². The first-order valence-electron chi connectivity index (χ1n) is 8.73. The highest BCUT2D eigenvalue weighted by Gasteiger charge is 2.13. The van der Waals surface area contributed by atoms with Crippen LogP contribution in [0.2, 0.25) is 0 Å². The minimum Gasteiger partial charge on any atom is -0.348 e. The lowest BCUT2D eigenvalue weighted by Gasteiger charge is -2.11. The molecule has 0 atom stereocenters. The predicted octanol–water partition coefficient (Wildman–Crippen LogP) is 3.50. The van der Waals surface area contributed by atoms with Crippen LogP contribution in [0.5, 0.6) is 0 Å². The molecule has 0 spiro atoms. The summed E-state index contributed by atoms with van der Waals surface area (Å²) in [5.41, 5.74) is 3.91. The van der Waals surface area contributed by atoms with Gasteiger partial charge in [0.05, 0.1) is 17.7 Å². The number of para-hydroxylation sites is 1. The van der Waals surface area contributed by atoms with Crippen LogP contribution in [0.1, 0.15) is 27.0 Å². The number of nitrogens with zero attached hydrogens (tertiary/aromatic N) is 1. The molecule has 0 saturated heterocycles. The van der Waals surface area contributed by atoms with E-state index < -0.39 is 0 Å². The Morgan fingerprint density at radius 3 is 2.44 bits per heavy atom. The summed E-state index contributed by atoms with van der Waals surface area (Å²) in [5.74, 6) is -0.406. The van der Waals surface area contributed by atoms with Gasteiger partial charge in [0.15, 0.2) is 0 Å². The normalized spacial score (nSPS) is 10.3. The van der Waals surface area contributed by atoms with Crippen molar-refractivity contribution in [3.05, 3.63) is 95.3 Å². The second kappa shape index (κ2) is 8.76. The molecule has 27 heavy (non-hydrogen) atoms. The summed E-state index contributed by atoms with van der Waals surface area (Å²) >= 11 is 0. The molecule has 0 aliphatic rings. The molecule has 0 unspecified atom stereocenters. The Balaban J connectivity index is 1.65. The smallest absolute Gasteiger partial charge is 0.253 e. The number of aryl methyl sites for hydroxylation is 1. The zero-order chi connectivity index (χ0) is 19.1. The van der Waals surface area contributed by atoms with Crippen molar-refractivity contribution in [3.8, 4) is 0 Å². The summed E-state index contributed by atoms with van der Waals surface area (Å²) in [6.45, 7) is 2.38. The van der Waals surface area contributed by atoms with Crippen LogP contribution in [0.15, 0.2) is 73.1 Å². The van der Waals surface area contributed by atoms with E-state index in [9.17, 15) is 9.59 Å². The monoisotopic (exact) mass is 359 g/mol. The Hall–Kier alpha value is -3.47. The number of hydrogen-bond acceptors (Lipinski definition) is 3. The van der Waals surface area contributed by atoms with E-state index >= 15 is 0 Å². The molecule has 5 nitrogen and oxygen atoms in total. The quantitative estimate of drug-likeness (QED) is 0.708. The van der Waals surface area contributed by atoms with Crippen molar-refractivity contribution in [2.45, 2.75) is 19.9 Å². The van der Waals surface area contributed by atoms with Gasteiger partial charge in [0, 0.05) is 18.9 Å². The minimum absolute atomic E-state index is 0.161. The predicted molar refractivity (Wildman–Crippen MR) is 105 cm³/mol. The Morgan fingerprint density at radius 1 is 0.926 bits per heavy atom. The molecule has 3 rings (SSSR count). The third kappa shape index (κ3) is 5.25. The van der Waals surface area contributed by atoms with Crippen LogP contribution in [0.4, 0.5) is 5.69 Å². The van der Waals surface area contributed by atoms with E-state index in [0.29, 0.717) is 17.8 Å². The van der Waals surface area contributed by atoms with Crippen LogP contribution in [0.25, 0.3) is 0 Å². The SMILES string of the molecule is Cc1ccc(CC(=O)Nc2ccccc2C(=O)NCc2cccnc2)cc1. The number of hydrogen-bond donors (Lipinski definition) is 2. The fourth-order valence-corrected chi connectivity index (χ4v) is 2.66. The number of nitrogens with one attached hydrogen (secondary N) is 2. The molecule has 136 valence electrons. The third-order valence-corrected chi connectivity index (χ3v) is 4.11. The number of rotatable bonds is 6. The van der Waals surface area contributed by atoms with Crippen LogP contribution in [-0.2, 0) is 17.8 Å². The summed E-state index contributed by atoms with van der Waals surface area (Å²) in [7, 11) is 0. The van der Waals surface area contributed by atoms with Gasteiger partial charge in [-0.2, -0.15) is 0 Å². The largest absolute Gasteiger partial charge is 0.348 e. The lowest BCUT2D eigenvalue weighted by atomic mass is 10.1. The first-order valence-corrected chi connectivity index (χ1v) is 8.73. The van der Waals surface area contributed by atoms with Crippen LogP contribution in [0, 0.1) is 6.92 Å². The van der Waals surface area contributed by atoms with Crippen molar-refractivity contribution in [2.75, 3.05) is 5.32 Å². The van der Waals surface area contributed by atoms with E-state index in [4.69, 9.17) is 0 Å². The van der Waals surface area contributed by atoms with E-state index in [1.54, 1.807) is 36.7 Å². The second-order valence-electron chi connectivity index (χ2n) is 6.30. The molecule has 2 N–H and O–H groups in total. The molecule has 0 saturated carbocycles. The maximum absolute atomic E-state index is 12.5. The van der Waals surface area contributed by atoms with E-state index in [1.165, 1.54) is 0 Å². The lowest BCUT2D eigenvalue weighted by Crippen LogP contribution is -2.25. The Morgan fingerprint density at radius 2 is 1.70 bits per heavy atom. The number of carbonyl (C=O) groups excluding carboxylic acids is 2. The molecule has 1 heterocycles. The molecule has 0 aliphatic carbocycles. The average molecular weight is 359 g/mol. The van der Waals surface area contributed by atoms with Crippen LogP contribution < -0.4 is 10.6 Å². The van der Waals surface area contributed by atoms with Gasteiger partial charge in [0.25, 0.3) is 5.91 Å². The van der Waals surface area contributed by atoms with Gasteiger partial charge < -0.3 is 10.6 Å². The summed E-state index contributed by atoms with van der Waals surface area (Å²) < 4.78 is 0. The van der Waals surface area contributed by atoms with Gasteiger partial charge in [-0.3, -0.25) is 14.6 Å². The molecule has 0 bridgehead atoms. The molecule has 0 radical (unpaired) electrons. The van der Waals surface area contributed by atoms with Crippen molar-refractivity contribution in [3.63, 3.8) is 0 Å². The molecule has 0 aliphatic heterocycles. The molecule has 2 aromatic carbocycles. The zero-order valence-electron chi connectivity index (χ0n) is 15.1. The Kier molecular flexibility index (Phi) is 5.94. The molecule has 5 heteroatoms. The van der Waals surface area contributed by atoms with E-state index in [1.807, 2.05) is 43.3 Å². The first-order chi connectivity index (χ1) is 13.1. The summed E-state index contributed by atoms with van der Waals surface area (Å²) in [4.78, 5) is 28.9. The maximum Gasteiger partial charge on any atom is 0.253 e. The van der Waals surface area contributed by atoms with Gasteiger partial charge in [0.2, 0.25) is 5.91 Å². The van der Waals surface area contributed by atoms with Gasteiger partial charge in [-0.05, 0) is 36.2 Å². The zero-order valence-corrected chi connectivity index (χ0v) is 15.1. The highest BCUT2D eigenvalue weighted by atomic mass is 16.2. The summed E-state index contributed by atoms with van der Waals surface area (Å²) in [6, 6.07) is 18.5. The minimum atomic E-state index is -0.245. The fourth-order valence-electron chi connectivity index (χ4n) is 2.66. The van der Waals surface area contributed by atoms with Gasteiger partial charge in [-0.1, -0.05) is 48.0 Å². The molecular formula is C22H21N3O2. The second-order valence-corrected chi connectivity index (χ2v) is 6.30. The van der Waals surface area contributed by atoms with Crippen LogP contribution in [-0.4, -0.2) is 16.8 Å². The summed E-state index contributed by atoms with van der Waals surface area (Å²) in [5, 5.41) is 5.70. The van der Waals surface area contributed by atoms with Crippen molar-refractivity contribution < 1.29 is 9.59 Å². The first kappa shape index (κ1) is 18.3. The van der Waals surface area contributed by atoms with Gasteiger partial charge in [0.1, 0.15) is 0 Å². The van der Waals surface area contributed by atoms with Crippen molar-refractivity contribution in [1.29, 1.82) is 0 Å². The van der Waals surface area contributed by atoms with Crippen molar-refractivity contribution in [1.82, 2.24) is 10.3 Å². The third-order valence-electron chi connectivity index (χ3n) is 4.11. The fraction of sp³-hybridized carbons (Fsp3) is 0.136. The van der Waals surface area contributed by atoms with Crippen molar-refractivity contribution >= 4 is 17.5 Å². The van der Waals surface area contributed by atoms with Crippen LogP contribution in [0.3, 0.4) is 0 Å². The van der Waals surface area contributed by atoms with Crippen LogP contribution >= 0.6 is 0 Å². The van der Waals surface area contributed by atoms with E-state index in [-0.39, 0.29) is 18.2 Å². The van der Waals surface area contributed by atoms with E-state index in [2.05, 4.69) is 15.6 Å². The molecular weight excluding hydrogens is 338 g/mol. The highest BCUT2D eigenvalue weighted by molar-refractivity contribution is 6.04. The lowest BCUT2D eigenvalue weighted by molar-refractivity contribution is -0.115. The molecule has 1 aromatic heterocycles. The number of amides is 2. The number of carbonyl (C=O) groups is 2. The topological polar surface area (TPSA) is 71.1 Å². The van der Waals surface area contributed by atoms with Gasteiger partial charge >= 0.3 is 0 Å². The standard InChI is InChI=1S/C22H21N3O2/c1-16-8-10-17(11-9-16)13-21(26)25-20-7-3-2-6-19(20)22(27)24-15-18-5-4-12-23-14-18/h2-12,14H,13,15H2,1H3,(H,24,27)(H,25,26). The maximum atomic E-state index is 12.5. The highest BCUT2D eigenvalue weighted by Crippen LogP contribution is 2.16. The van der Waals surface area contributed by atoms with Gasteiger partial charge in [-0.25, -0.2) is 0 Å². The molecule has 2 amide bonds. The average Bonchev–Trinajstić information content (AvgIpc) is 2.69. The summed E-state index contributed by atoms with van der Waals surface area (Å²) in [6.07, 6.45) is 3.64. The number of aromatic nitrogens is 1. The number of pyridine rings is 1. The molecule has 3 aromatic rings. The Bertz CT molecular complexity index is 922. The number of anilines is 1. The van der Waals surface area contributed by atoms with Crippen molar-refractivity contribution in [2.24, 2.45) is 0 Å². The molecule has 0 fully saturated rings.